The predicted molar refractivity (Wildman–Crippen MR) is 74.6 cm³/mol. The van der Waals surface area contributed by atoms with Crippen molar-refractivity contribution in [3.05, 3.63) is 29.5 Å². The van der Waals surface area contributed by atoms with Gasteiger partial charge in [0.2, 0.25) is 5.95 Å². The molecule has 1 unspecified atom stereocenters. The molecule has 0 fully saturated rings. The fraction of sp³-hybridized carbons (Fsp3) is 0.333. The van der Waals surface area contributed by atoms with E-state index in [2.05, 4.69) is 25.6 Å². The number of anilines is 2. The third kappa shape index (κ3) is 3.72. The van der Waals surface area contributed by atoms with Gasteiger partial charge in [0.1, 0.15) is 5.69 Å². The van der Waals surface area contributed by atoms with E-state index in [-0.39, 0.29) is 11.9 Å². The third-order valence-electron chi connectivity index (χ3n) is 2.51. The fourth-order valence-electron chi connectivity index (χ4n) is 1.29. The molecule has 2 aromatic heterocycles. The molecule has 0 radical (unpaired) electrons. The highest BCUT2D eigenvalue weighted by atomic mass is 32.1. The van der Waals surface area contributed by atoms with Crippen LogP contribution in [-0.2, 0) is 0 Å². The topological polar surface area (TPSA) is 79.8 Å². The second kappa shape index (κ2) is 6.24. The molecule has 0 bridgehead atoms. The molecule has 2 heterocycles. The van der Waals surface area contributed by atoms with Gasteiger partial charge in [0.15, 0.2) is 5.13 Å². The van der Waals surface area contributed by atoms with Gasteiger partial charge in [0, 0.05) is 23.8 Å². The van der Waals surface area contributed by atoms with Crippen molar-refractivity contribution in [3.8, 4) is 0 Å². The Kier molecular flexibility index (Phi) is 4.40. The van der Waals surface area contributed by atoms with Crippen LogP contribution in [0, 0.1) is 0 Å². The average Bonchev–Trinajstić information content (AvgIpc) is 2.88. The molecule has 0 saturated carbocycles. The molecular weight excluding hydrogens is 262 g/mol. The molecule has 19 heavy (non-hydrogen) atoms. The van der Waals surface area contributed by atoms with Crippen LogP contribution < -0.4 is 10.6 Å². The van der Waals surface area contributed by atoms with Crippen molar-refractivity contribution < 1.29 is 4.79 Å². The minimum Gasteiger partial charge on any atom is -0.348 e. The molecule has 2 N–H and O–H groups in total. The first-order valence-corrected chi connectivity index (χ1v) is 6.87. The van der Waals surface area contributed by atoms with E-state index in [1.54, 1.807) is 23.8 Å². The van der Waals surface area contributed by atoms with Gasteiger partial charge in [-0.3, -0.25) is 4.79 Å². The number of carbonyl (C=O) groups is 1. The molecular formula is C12H15N5OS. The first-order valence-electron chi connectivity index (χ1n) is 5.99. The highest BCUT2D eigenvalue weighted by Crippen LogP contribution is 2.18. The van der Waals surface area contributed by atoms with Crippen molar-refractivity contribution in [1.29, 1.82) is 0 Å². The van der Waals surface area contributed by atoms with Crippen LogP contribution in [-0.4, -0.2) is 26.9 Å². The second-order valence-corrected chi connectivity index (χ2v) is 4.88. The first kappa shape index (κ1) is 13.4. The average molecular weight is 277 g/mol. The lowest BCUT2D eigenvalue weighted by Crippen LogP contribution is -2.32. The summed E-state index contributed by atoms with van der Waals surface area (Å²) in [5.41, 5.74) is 0.406. The summed E-state index contributed by atoms with van der Waals surface area (Å²) in [5, 5.41) is 8.13. The number of thiazole rings is 1. The molecule has 2 aromatic rings. The van der Waals surface area contributed by atoms with Crippen molar-refractivity contribution >= 4 is 28.3 Å². The van der Waals surface area contributed by atoms with Gasteiger partial charge < -0.3 is 10.6 Å². The van der Waals surface area contributed by atoms with Gasteiger partial charge in [-0.1, -0.05) is 6.92 Å². The highest BCUT2D eigenvalue weighted by molar-refractivity contribution is 7.14. The van der Waals surface area contributed by atoms with Crippen molar-refractivity contribution in [3.63, 3.8) is 0 Å². The fourth-order valence-corrected chi connectivity index (χ4v) is 1.98. The van der Waals surface area contributed by atoms with E-state index in [1.165, 1.54) is 11.3 Å². The largest absolute Gasteiger partial charge is 0.348 e. The number of nitrogens with one attached hydrogen (secondary N) is 2. The summed E-state index contributed by atoms with van der Waals surface area (Å²) < 4.78 is 0. The summed E-state index contributed by atoms with van der Waals surface area (Å²) in [6.45, 7) is 3.98. The van der Waals surface area contributed by atoms with E-state index in [0.717, 1.165) is 6.42 Å². The quantitative estimate of drug-likeness (QED) is 0.876. The summed E-state index contributed by atoms with van der Waals surface area (Å²) in [5.74, 6) is 0.304. The molecule has 0 saturated heterocycles. The Hall–Kier alpha value is -2.02. The van der Waals surface area contributed by atoms with Gasteiger partial charge in [-0.25, -0.2) is 15.0 Å². The van der Waals surface area contributed by atoms with Crippen LogP contribution in [0.5, 0.6) is 0 Å². The van der Waals surface area contributed by atoms with Gasteiger partial charge in [0.25, 0.3) is 5.91 Å². The molecule has 100 valence electrons. The van der Waals surface area contributed by atoms with E-state index in [1.807, 2.05) is 13.8 Å². The maximum atomic E-state index is 11.9. The Morgan fingerprint density at radius 1 is 1.42 bits per heavy atom. The minimum absolute atomic E-state index is 0.142. The van der Waals surface area contributed by atoms with Gasteiger partial charge >= 0.3 is 0 Å². The highest BCUT2D eigenvalue weighted by Gasteiger charge is 2.12. The van der Waals surface area contributed by atoms with Crippen LogP contribution in [0.15, 0.2) is 23.8 Å². The Balaban J connectivity index is 2.01. The van der Waals surface area contributed by atoms with Crippen molar-refractivity contribution in [2.45, 2.75) is 26.3 Å². The van der Waals surface area contributed by atoms with Crippen LogP contribution in [0.25, 0.3) is 0 Å². The van der Waals surface area contributed by atoms with Gasteiger partial charge in [-0.05, 0) is 19.4 Å². The predicted octanol–water partition coefficient (Wildman–Crippen LogP) is 2.21. The zero-order valence-electron chi connectivity index (χ0n) is 10.8. The SMILES string of the molecule is CCC(C)NC(=O)c1csc(Nc2ncccn2)n1. The monoisotopic (exact) mass is 277 g/mol. The van der Waals surface area contributed by atoms with Gasteiger partial charge in [0.05, 0.1) is 0 Å². The standard InChI is InChI=1S/C12H15N5OS/c1-3-8(2)15-10(18)9-7-19-12(16-9)17-11-13-5-4-6-14-11/h4-8H,3H2,1-2H3,(H,15,18)(H,13,14,16,17). The summed E-state index contributed by atoms with van der Waals surface area (Å²) in [7, 11) is 0. The maximum Gasteiger partial charge on any atom is 0.271 e. The number of nitrogens with zero attached hydrogens (tertiary/aromatic N) is 3. The van der Waals surface area contributed by atoms with Crippen molar-refractivity contribution in [2.75, 3.05) is 5.32 Å². The van der Waals surface area contributed by atoms with Crippen molar-refractivity contribution in [1.82, 2.24) is 20.3 Å². The molecule has 1 atom stereocenters. The van der Waals surface area contributed by atoms with Gasteiger partial charge in [-0.15, -0.1) is 11.3 Å². The Morgan fingerprint density at radius 3 is 2.84 bits per heavy atom. The van der Waals surface area contributed by atoms with E-state index < -0.39 is 0 Å². The molecule has 0 aromatic carbocycles. The van der Waals surface area contributed by atoms with Crippen LogP contribution in [0.4, 0.5) is 11.1 Å². The number of aromatic nitrogens is 3. The van der Waals surface area contributed by atoms with Crippen LogP contribution in [0.1, 0.15) is 30.8 Å². The molecule has 0 aliphatic rings. The molecule has 6 nitrogen and oxygen atoms in total. The van der Waals surface area contributed by atoms with Crippen LogP contribution in [0.3, 0.4) is 0 Å². The number of carbonyl (C=O) groups excluding carboxylic acids is 1. The molecule has 0 spiro atoms. The Labute approximate surface area is 115 Å². The number of rotatable bonds is 5. The lowest BCUT2D eigenvalue weighted by molar-refractivity contribution is 0.0935. The number of amides is 1. The van der Waals surface area contributed by atoms with E-state index in [0.29, 0.717) is 16.8 Å². The van der Waals surface area contributed by atoms with Crippen LogP contribution in [0.2, 0.25) is 0 Å². The van der Waals surface area contributed by atoms with Crippen LogP contribution >= 0.6 is 11.3 Å². The number of hydrogen-bond acceptors (Lipinski definition) is 6. The summed E-state index contributed by atoms with van der Waals surface area (Å²) in [6, 6.07) is 1.88. The van der Waals surface area contributed by atoms with Crippen molar-refractivity contribution in [2.24, 2.45) is 0 Å². The minimum atomic E-state index is -0.160. The Bertz CT molecular complexity index is 542. The molecule has 0 aliphatic heterocycles. The molecule has 0 aliphatic carbocycles. The maximum absolute atomic E-state index is 11.9. The second-order valence-electron chi connectivity index (χ2n) is 4.02. The first-order chi connectivity index (χ1) is 9.19. The lowest BCUT2D eigenvalue weighted by atomic mass is 10.2. The summed E-state index contributed by atoms with van der Waals surface area (Å²) in [6.07, 6.45) is 4.16. The zero-order valence-corrected chi connectivity index (χ0v) is 11.6. The van der Waals surface area contributed by atoms with E-state index in [4.69, 9.17) is 0 Å². The zero-order chi connectivity index (χ0) is 13.7. The molecule has 2 rings (SSSR count). The summed E-state index contributed by atoms with van der Waals surface area (Å²) in [4.78, 5) is 24.1. The normalized spacial score (nSPS) is 11.9. The van der Waals surface area contributed by atoms with E-state index in [9.17, 15) is 4.79 Å². The Morgan fingerprint density at radius 2 is 2.16 bits per heavy atom. The summed E-state index contributed by atoms with van der Waals surface area (Å²) >= 11 is 1.34. The smallest absolute Gasteiger partial charge is 0.271 e. The number of hydrogen-bond donors (Lipinski definition) is 2. The molecule has 1 amide bonds. The van der Waals surface area contributed by atoms with E-state index >= 15 is 0 Å². The third-order valence-corrected chi connectivity index (χ3v) is 3.27. The lowest BCUT2D eigenvalue weighted by Gasteiger charge is -2.09. The molecule has 7 heteroatoms. The van der Waals surface area contributed by atoms with Gasteiger partial charge in [-0.2, -0.15) is 0 Å².